The second-order valence-corrected chi connectivity index (χ2v) is 8.24. The normalized spacial score (nSPS) is 17.4. The Bertz CT molecular complexity index is 952. The van der Waals surface area contributed by atoms with Gasteiger partial charge >= 0.3 is 0 Å². The Morgan fingerprint density at radius 1 is 1.08 bits per heavy atom. The van der Waals surface area contributed by atoms with Gasteiger partial charge in [0, 0.05) is 12.1 Å². The van der Waals surface area contributed by atoms with E-state index >= 15 is 0 Å². The first-order valence-corrected chi connectivity index (χ1v) is 9.74. The largest absolute Gasteiger partial charge is 0.324 e. The molecule has 2 amide bonds. The van der Waals surface area contributed by atoms with E-state index in [1.165, 1.54) is 12.1 Å². The standard InChI is InChI=1S/C19H20N2O4S/c1-13-6-8-16(9-7-13)26(24,25)21-17(10-11-18(21)22)19(23)20-15-5-3-4-14(2)12-15/h3-9,12,17H,10-11H2,1-2H3,(H,20,23)/t17-/m1/s1. The minimum atomic E-state index is -4.08. The fraction of sp³-hybridized carbons (Fsp3) is 0.263. The first-order chi connectivity index (χ1) is 12.3. The maximum absolute atomic E-state index is 12.9. The first-order valence-electron chi connectivity index (χ1n) is 8.30. The van der Waals surface area contributed by atoms with Crippen molar-refractivity contribution in [2.45, 2.75) is 37.6 Å². The number of aryl methyl sites for hydroxylation is 2. The van der Waals surface area contributed by atoms with Gasteiger partial charge in [-0.15, -0.1) is 0 Å². The number of anilines is 1. The second kappa shape index (κ2) is 6.92. The van der Waals surface area contributed by atoms with Crippen molar-refractivity contribution in [3.63, 3.8) is 0 Å². The molecular weight excluding hydrogens is 352 g/mol. The van der Waals surface area contributed by atoms with Crippen molar-refractivity contribution in [2.24, 2.45) is 0 Å². The van der Waals surface area contributed by atoms with Crippen LogP contribution in [0, 0.1) is 13.8 Å². The van der Waals surface area contributed by atoms with E-state index in [4.69, 9.17) is 0 Å². The fourth-order valence-electron chi connectivity index (χ4n) is 2.97. The zero-order chi connectivity index (χ0) is 18.9. The molecule has 0 spiro atoms. The molecule has 0 aromatic heterocycles. The highest BCUT2D eigenvalue weighted by atomic mass is 32.2. The third-order valence-electron chi connectivity index (χ3n) is 4.33. The second-order valence-electron chi connectivity index (χ2n) is 6.42. The van der Waals surface area contributed by atoms with Crippen LogP contribution in [-0.4, -0.2) is 30.6 Å². The molecule has 0 bridgehead atoms. The minimum absolute atomic E-state index is 0.00621. The van der Waals surface area contributed by atoms with Gasteiger partial charge < -0.3 is 5.32 Å². The molecule has 2 aromatic rings. The van der Waals surface area contributed by atoms with E-state index in [1.54, 1.807) is 30.3 Å². The molecule has 0 radical (unpaired) electrons. The lowest BCUT2D eigenvalue weighted by Gasteiger charge is -2.23. The molecule has 1 saturated heterocycles. The van der Waals surface area contributed by atoms with Crippen LogP contribution in [0.2, 0.25) is 0 Å². The lowest BCUT2D eigenvalue weighted by atomic mass is 10.2. The summed E-state index contributed by atoms with van der Waals surface area (Å²) < 4.78 is 26.5. The van der Waals surface area contributed by atoms with Crippen molar-refractivity contribution < 1.29 is 18.0 Å². The molecule has 2 aromatic carbocycles. The van der Waals surface area contributed by atoms with Crippen LogP contribution in [0.5, 0.6) is 0 Å². The summed E-state index contributed by atoms with van der Waals surface area (Å²) in [5.41, 5.74) is 2.45. The van der Waals surface area contributed by atoms with Crippen LogP contribution >= 0.6 is 0 Å². The summed E-state index contributed by atoms with van der Waals surface area (Å²) >= 11 is 0. The van der Waals surface area contributed by atoms with Crippen molar-refractivity contribution in [1.29, 1.82) is 0 Å². The van der Waals surface area contributed by atoms with Crippen LogP contribution in [0.3, 0.4) is 0 Å². The SMILES string of the molecule is Cc1ccc(S(=O)(=O)N2C(=O)CC[C@@H]2C(=O)Nc2cccc(C)c2)cc1. The Balaban J connectivity index is 1.88. The number of carbonyl (C=O) groups is 2. The van der Waals surface area contributed by atoms with Gasteiger partial charge in [0.1, 0.15) is 6.04 Å². The molecule has 7 heteroatoms. The number of nitrogens with one attached hydrogen (secondary N) is 1. The Labute approximate surface area is 152 Å². The number of carbonyl (C=O) groups excluding carboxylic acids is 2. The van der Waals surface area contributed by atoms with Gasteiger partial charge in [-0.3, -0.25) is 9.59 Å². The smallest absolute Gasteiger partial charge is 0.267 e. The maximum Gasteiger partial charge on any atom is 0.267 e. The molecule has 0 aliphatic carbocycles. The number of amides is 2. The van der Waals surface area contributed by atoms with Crippen molar-refractivity contribution in [2.75, 3.05) is 5.32 Å². The zero-order valence-corrected chi connectivity index (χ0v) is 15.4. The Morgan fingerprint density at radius 3 is 2.42 bits per heavy atom. The van der Waals surface area contributed by atoms with E-state index in [9.17, 15) is 18.0 Å². The van der Waals surface area contributed by atoms with E-state index in [0.717, 1.165) is 15.4 Å². The lowest BCUT2D eigenvalue weighted by molar-refractivity contribution is -0.128. The van der Waals surface area contributed by atoms with Crippen LogP contribution in [0.4, 0.5) is 5.69 Å². The van der Waals surface area contributed by atoms with E-state index < -0.39 is 27.9 Å². The molecule has 136 valence electrons. The number of rotatable bonds is 4. The van der Waals surface area contributed by atoms with Crippen molar-refractivity contribution in [1.82, 2.24) is 4.31 Å². The number of hydrogen-bond acceptors (Lipinski definition) is 4. The summed E-state index contributed by atoms with van der Waals surface area (Å²) in [5, 5.41) is 2.71. The number of benzene rings is 2. The van der Waals surface area contributed by atoms with Gasteiger partial charge in [0.25, 0.3) is 10.0 Å². The topological polar surface area (TPSA) is 83.6 Å². The third kappa shape index (κ3) is 3.48. The summed E-state index contributed by atoms with van der Waals surface area (Å²) in [6.45, 7) is 3.73. The average molecular weight is 372 g/mol. The minimum Gasteiger partial charge on any atom is -0.324 e. The molecule has 1 atom stereocenters. The van der Waals surface area contributed by atoms with E-state index in [-0.39, 0.29) is 17.7 Å². The van der Waals surface area contributed by atoms with Gasteiger partial charge in [0.05, 0.1) is 4.90 Å². The van der Waals surface area contributed by atoms with Crippen molar-refractivity contribution >= 4 is 27.5 Å². The van der Waals surface area contributed by atoms with E-state index in [0.29, 0.717) is 5.69 Å². The molecule has 1 heterocycles. The molecule has 0 saturated carbocycles. The Hall–Kier alpha value is -2.67. The molecular formula is C19H20N2O4S. The summed E-state index contributed by atoms with van der Waals surface area (Å²) in [7, 11) is -4.08. The molecule has 3 rings (SSSR count). The molecule has 26 heavy (non-hydrogen) atoms. The molecule has 1 fully saturated rings. The highest BCUT2D eigenvalue weighted by molar-refractivity contribution is 7.89. The highest BCUT2D eigenvalue weighted by Gasteiger charge is 2.44. The predicted molar refractivity (Wildman–Crippen MR) is 98.0 cm³/mol. The zero-order valence-electron chi connectivity index (χ0n) is 14.6. The fourth-order valence-corrected chi connectivity index (χ4v) is 4.58. The number of nitrogens with zero attached hydrogens (tertiary/aromatic N) is 1. The summed E-state index contributed by atoms with van der Waals surface area (Å²) in [5.74, 6) is -1.06. The van der Waals surface area contributed by atoms with Gasteiger partial charge in [0.2, 0.25) is 11.8 Å². The average Bonchev–Trinajstić information content (AvgIpc) is 2.98. The molecule has 6 nitrogen and oxygen atoms in total. The molecule has 1 aliphatic heterocycles. The quantitative estimate of drug-likeness (QED) is 0.894. The van der Waals surface area contributed by atoms with Gasteiger partial charge in [0.15, 0.2) is 0 Å². The van der Waals surface area contributed by atoms with Crippen LogP contribution in [0.1, 0.15) is 24.0 Å². The summed E-state index contributed by atoms with van der Waals surface area (Å²) in [4.78, 5) is 24.9. The van der Waals surface area contributed by atoms with Gasteiger partial charge in [-0.05, 0) is 50.1 Å². The molecule has 0 unspecified atom stereocenters. The van der Waals surface area contributed by atoms with Gasteiger partial charge in [-0.25, -0.2) is 12.7 Å². The van der Waals surface area contributed by atoms with Gasteiger partial charge in [-0.2, -0.15) is 0 Å². The number of hydrogen-bond donors (Lipinski definition) is 1. The van der Waals surface area contributed by atoms with Crippen LogP contribution in [-0.2, 0) is 19.6 Å². The Kier molecular flexibility index (Phi) is 4.82. The summed E-state index contributed by atoms with van der Waals surface area (Å²) in [6.07, 6.45) is 0.193. The van der Waals surface area contributed by atoms with Crippen LogP contribution < -0.4 is 5.32 Å². The van der Waals surface area contributed by atoms with Crippen LogP contribution in [0.15, 0.2) is 53.4 Å². The molecule has 1 N–H and O–H groups in total. The highest BCUT2D eigenvalue weighted by Crippen LogP contribution is 2.28. The lowest BCUT2D eigenvalue weighted by Crippen LogP contribution is -2.45. The van der Waals surface area contributed by atoms with Crippen LogP contribution in [0.25, 0.3) is 0 Å². The van der Waals surface area contributed by atoms with E-state index in [1.807, 2.05) is 19.9 Å². The van der Waals surface area contributed by atoms with Crippen molar-refractivity contribution in [3.05, 3.63) is 59.7 Å². The monoisotopic (exact) mass is 372 g/mol. The predicted octanol–water partition coefficient (Wildman–Crippen LogP) is 2.62. The van der Waals surface area contributed by atoms with Gasteiger partial charge in [-0.1, -0.05) is 29.8 Å². The summed E-state index contributed by atoms with van der Waals surface area (Å²) in [6, 6.07) is 12.4. The maximum atomic E-state index is 12.9. The van der Waals surface area contributed by atoms with E-state index in [2.05, 4.69) is 5.32 Å². The number of sulfonamides is 1. The van der Waals surface area contributed by atoms with Crippen molar-refractivity contribution in [3.8, 4) is 0 Å². The third-order valence-corrected chi connectivity index (χ3v) is 6.17. The molecule has 1 aliphatic rings. The Morgan fingerprint density at radius 2 is 1.77 bits per heavy atom. The first kappa shape index (κ1) is 18.1.